The van der Waals surface area contributed by atoms with E-state index in [-0.39, 0.29) is 0 Å². The average Bonchev–Trinajstić information content (AvgIpc) is 3.14. The molecule has 0 saturated carbocycles. The second-order valence-corrected chi connectivity index (χ2v) is 7.03. The lowest BCUT2D eigenvalue weighted by atomic mass is 10.1. The molecule has 0 spiro atoms. The van der Waals surface area contributed by atoms with Crippen molar-refractivity contribution in [1.29, 1.82) is 0 Å². The van der Waals surface area contributed by atoms with Crippen LogP contribution in [0.25, 0.3) is 17.1 Å². The van der Waals surface area contributed by atoms with Crippen LogP contribution < -0.4 is 4.74 Å². The molecule has 154 valence electrons. The Morgan fingerprint density at radius 2 is 1.83 bits per heavy atom. The minimum absolute atomic E-state index is 0.342. The van der Waals surface area contributed by atoms with Crippen molar-refractivity contribution < 1.29 is 22.6 Å². The number of hydrogen-bond acceptors (Lipinski definition) is 5. The highest BCUT2D eigenvalue weighted by molar-refractivity contribution is 7.99. The Morgan fingerprint density at radius 3 is 2.48 bits per heavy atom. The van der Waals surface area contributed by atoms with Gasteiger partial charge < -0.3 is 9.47 Å². The monoisotopic (exact) mass is 423 g/mol. The van der Waals surface area contributed by atoms with Crippen LogP contribution in [0.2, 0.25) is 0 Å². The first-order chi connectivity index (χ1) is 13.9. The maximum absolute atomic E-state index is 13.2. The summed E-state index contributed by atoms with van der Waals surface area (Å²) in [5, 5.41) is 8.94. The third-order valence-corrected chi connectivity index (χ3v) is 4.97. The van der Waals surface area contributed by atoms with Crippen LogP contribution in [0.5, 0.6) is 5.75 Å². The first-order valence-corrected chi connectivity index (χ1v) is 9.90. The van der Waals surface area contributed by atoms with Crippen molar-refractivity contribution in [3.63, 3.8) is 0 Å². The van der Waals surface area contributed by atoms with Crippen LogP contribution in [0.1, 0.15) is 12.5 Å². The minimum Gasteiger partial charge on any atom is -0.497 e. The normalized spacial score (nSPS) is 11.6. The second-order valence-electron chi connectivity index (χ2n) is 5.96. The first kappa shape index (κ1) is 21.2. The molecule has 0 fully saturated rings. The molecule has 0 aliphatic carbocycles. The molecule has 0 aliphatic rings. The van der Waals surface area contributed by atoms with Gasteiger partial charge in [0.15, 0.2) is 11.0 Å². The Bertz CT molecular complexity index is 943. The van der Waals surface area contributed by atoms with E-state index in [2.05, 4.69) is 10.2 Å². The lowest BCUT2D eigenvalue weighted by molar-refractivity contribution is -0.137. The van der Waals surface area contributed by atoms with Crippen LogP contribution in [0.15, 0.2) is 53.7 Å². The minimum atomic E-state index is -4.44. The second kappa shape index (κ2) is 9.32. The van der Waals surface area contributed by atoms with E-state index in [9.17, 15) is 13.2 Å². The molecule has 0 saturated heterocycles. The van der Waals surface area contributed by atoms with Gasteiger partial charge in [0.25, 0.3) is 0 Å². The lowest BCUT2D eigenvalue weighted by Crippen LogP contribution is -2.07. The summed E-state index contributed by atoms with van der Waals surface area (Å²) in [4.78, 5) is 0. The number of ether oxygens (including phenoxy) is 2. The van der Waals surface area contributed by atoms with Gasteiger partial charge in [-0.05, 0) is 49.4 Å². The van der Waals surface area contributed by atoms with Crippen molar-refractivity contribution in [1.82, 2.24) is 14.8 Å². The molecule has 0 radical (unpaired) electrons. The van der Waals surface area contributed by atoms with Crippen molar-refractivity contribution in [2.75, 3.05) is 26.1 Å². The molecule has 0 bridgehead atoms. The van der Waals surface area contributed by atoms with Crippen molar-refractivity contribution in [3.05, 3.63) is 54.1 Å². The van der Waals surface area contributed by atoms with Crippen LogP contribution in [0.3, 0.4) is 0 Å². The van der Waals surface area contributed by atoms with E-state index in [4.69, 9.17) is 9.47 Å². The summed E-state index contributed by atoms with van der Waals surface area (Å²) in [7, 11) is 1.56. The number of rotatable bonds is 8. The SMILES string of the molecule is CCOCCSc1nnc(-c2ccc(OC)cc2)n1-c1cccc(C(F)(F)F)c1. The molecule has 2 aromatic carbocycles. The number of nitrogens with zero attached hydrogens (tertiary/aromatic N) is 3. The van der Waals surface area contributed by atoms with Crippen molar-refractivity contribution >= 4 is 11.8 Å². The molecule has 0 unspecified atom stereocenters. The van der Waals surface area contributed by atoms with Crippen LogP contribution in [-0.4, -0.2) is 40.8 Å². The third-order valence-electron chi connectivity index (χ3n) is 4.08. The number of hydrogen-bond donors (Lipinski definition) is 0. The zero-order valence-electron chi connectivity index (χ0n) is 15.9. The average molecular weight is 423 g/mol. The van der Waals surface area contributed by atoms with E-state index in [0.717, 1.165) is 12.1 Å². The Morgan fingerprint density at radius 1 is 1.07 bits per heavy atom. The summed E-state index contributed by atoms with van der Waals surface area (Å²) in [6, 6.07) is 12.3. The van der Waals surface area contributed by atoms with E-state index in [1.165, 1.54) is 17.8 Å². The number of thioether (sulfide) groups is 1. The molecule has 1 aromatic heterocycles. The zero-order valence-corrected chi connectivity index (χ0v) is 16.8. The van der Waals surface area contributed by atoms with Crippen LogP contribution in [0, 0.1) is 0 Å². The molecule has 0 N–H and O–H groups in total. The Kier molecular flexibility index (Phi) is 6.81. The fourth-order valence-electron chi connectivity index (χ4n) is 2.68. The quantitative estimate of drug-likeness (QED) is 0.373. The van der Waals surface area contributed by atoms with E-state index < -0.39 is 11.7 Å². The van der Waals surface area contributed by atoms with Crippen molar-refractivity contribution in [3.8, 4) is 22.8 Å². The van der Waals surface area contributed by atoms with Crippen LogP contribution in [0.4, 0.5) is 13.2 Å². The molecule has 0 amide bonds. The summed E-state index contributed by atoms with van der Waals surface area (Å²) in [5.74, 6) is 1.73. The maximum atomic E-state index is 13.2. The Hall–Kier alpha value is -2.52. The number of benzene rings is 2. The number of aromatic nitrogens is 3. The van der Waals surface area contributed by atoms with Gasteiger partial charge >= 0.3 is 6.18 Å². The number of methoxy groups -OCH3 is 1. The largest absolute Gasteiger partial charge is 0.497 e. The molecule has 3 rings (SSSR count). The fourth-order valence-corrected chi connectivity index (χ4v) is 3.48. The van der Waals surface area contributed by atoms with Gasteiger partial charge in [0.05, 0.1) is 25.0 Å². The van der Waals surface area contributed by atoms with E-state index in [0.29, 0.717) is 46.9 Å². The number of alkyl halides is 3. The maximum Gasteiger partial charge on any atom is 0.416 e. The van der Waals surface area contributed by atoms with Gasteiger partial charge in [-0.1, -0.05) is 17.8 Å². The topological polar surface area (TPSA) is 49.2 Å². The van der Waals surface area contributed by atoms with E-state index >= 15 is 0 Å². The molecule has 0 aliphatic heterocycles. The zero-order chi connectivity index (χ0) is 20.9. The molecular formula is C20H20F3N3O2S. The highest BCUT2D eigenvalue weighted by atomic mass is 32.2. The highest BCUT2D eigenvalue weighted by Crippen LogP contribution is 2.33. The molecule has 29 heavy (non-hydrogen) atoms. The highest BCUT2D eigenvalue weighted by Gasteiger charge is 2.31. The lowest BCUT2D eigenvalue weighted by Gasteiger charge is -2.13. The summed E-state index contributed by atoms with van der Waals surface area (Å²) < 4.78 is 51.8. The van der Waals surface area contributed by atoms with Crippen molar-refractivity contribution in [2.24, 2.45) is 0 Å². The summed E-state index contributed by atoms with van der Waals surface area (Å²) in [6.45, 7) is 3.00. The molecular weight excluding hydrogens is 403 g/mol. The molecule has 0 atom stereocenters. The Labute approximate surface area is 170 Å². The Balaban J connectivity index is 2.04. The van der Waals surface area contributed by atoms with E-state index in [1.54, 1.807) is 42.0 Å². The van der Waals surface area contributed by atoms with Gasteiger partial charge in [-0.15, -0.1) is 10.2 Å². The van der Waals surface area contributed by atoms with Gasteiger partial charge in [-0.2, -0.15) is 13.2 Å². The molecule has 5 nitrogen and oxygen atoms in total. The molecule has 3 aromatic rings. The third kappa shape index (κ3) is 5.10. The molecule has 1 heterocycles. The predicted molar refractivity (Wildman–Crippen MR) is 106 cm³/mol. The van der Waals surface area contributed by atoms with E-state index in [1.807, 2.05) is 6.92 Å². The summed E-state index contributed by atoms with van der Waals surface area (Å²) in [5.41, 5.74) is 0.330. The van der Waals surface area contributed by atoms with Crippen molar-refractivity contribution in [2.45, 2.75) is 18.3 Å². The van der Waals surface area contributed by atoms with Gasteiger partial charge in [-0.3, -0.25) is 4.57 Å². The van der Waals surface area contributed by atoms with Gasteiger partial charge in [0.2, 0.25) is 0 Å². The van der Waals surface area contributed by atoms with Gasteiger partial charge in [0, 0.05) is 17.9 Å². The number of halogens is 3. The predicted octanol–water partition coefficient (Wildman–Crippen LogP) is 5.09. The smallest absolute Gasteiger partial charge is 0.416 e. The van der Waals surface area contributed by atoms with Gasteiger partial charge in [0.1, 0.15) is 5.75 Å². The summed E-state index contributed by atoms with van der Waals surface area (Å²) >= 11 is 1.38. The first-order valence-electron chi connectivity index (χ1n) is 8.92. The summed E-state index contributed by atoms with van der Waals surface area (Å²) in [6.07, 6.45) is -4.44. The van der Waals surface area contributed by atoms with Gasteiger partial charge in [-0.25, -0.2) is 0 Å². The standard InChI is InChI=1S/C20H20F3N3O2S/c1-3-28-11-12-29-19-25-24-18(14-7-9-17(27-2)10-8-14)26(19)16-6-4-5-15(13-16)20(21,22)23/h4-10,13H,3,11-12H2,1-2H3. The van der Waals surface area contributed by atoms with Crippen LogP contribution in [-0.2, 0) is 10.9 Å². The van der Waals surface area contributed by atoms with Crippen LogP contribution >= 0.6 is 11.8 Å². The molecule has 9 heteroatoms. The fraction of sp³-hybridized carbons (Fsp3) is 0.300.